The lowest BCUT2D eigenvalue weighted by atomic mass is 10.2. The van der Waals surface area contributed by atoms with E-state index in [2.05, 4.69) is 36.5 Å². The van der Waals surface area contributed by atoms with Crippen LogP contribution in [0.4, 0.5) is 21.7 Å². The van der Waals surface area contributed by atoms with Gasteiger partial charge in [0.2, 0.25) is 0 Å². The largest absolute Gasteiger partial charge is 0.366 e. The van der Waals surface area contributed by atoms with Gasteiger partial charge < -0.3 is 10.6 Å². The Kier molecular flexibility index (Phi) is 5.05. The Hall–Kier alpha value is -2.47. The zero-order chi connectivity index (χ0) is 16.9. The van der Waals surface area contributed by atoms with E-state index in [1.807, 2.05) is 37.3 Å². The highest BCUT2D eigenvalue weighted by molar-refractivity contribution is 9.10. The van der Waals surface area contributed by atoms with Gasteiger partial charge in [-0.05, 0) is 41.1 Å². The minimum absolute atomic E-state index is 0.234. The van der Waals surface area contributed by atoms with Crippen LogP contribution in [0.5, 0.6) is 0 Å². The van der Waals surface area contributed by atoms with Crippen molar-refractivity contribution in [1.29, 1.82) is 0 Å². The number of para-hydroxylation sites is 1. The highest BCUT2D eigenvalue weighted by atomic mass is 79.9. The second-order valence-electron chi connectivity index (χ2n) is 5.24. The average molecular weight is 387 g/mol. The smallest absolute Gasteiger partial charge is 0.136 e. The number of hydrogen-bond acceptors (Lipinski definition) is 4. The third kappa shape index (κ3) is 4.08. The number of benzene rings is 2. The van der Waals surface area contributed by atoms with Crippen LogP contribution in [0.25, 0.3) is 0 Å². The van der Waals surface area contributed by atoms with E-state index in [0.29, 0.717) is 29.6 Å². The van der Waals surface area contributed by atoms with Crippen LogP contribution in [-0.2, 0) is 6.54 Å². The number of nitrogens with zero attached hydrogens (tertiary/aromatic N) is 2. The van der Waals surface area contributed by atoms with Crippen LogP contribution in [0.1, 0.15) is 11.4 Å². The van der Waals surface area contributed by atoms with E-state index in [0.717, 1.165) is 10.2 Å². The van der Waals surface area contributed by atoms with E-state index in [-0.39, 0.29) is 5.82 Å². The van der Waals surface area contributed by atoms with Crippen LogP contribution in [0.3, 0.4) is 0 Å². The number of hydrogen-bond donors (Lipinski definition) is 2. The van der Waals surface area contributed by atoms with Crippen molar-refractivity contribution in [2.45, 2.75) is 13.5 Å². The minimum Gasteiger partial charge on any atom is -0.366 e. The Morgan fingerprint density at radius 2 is 1.71 bits per heavy atom. The summed E-state index contributed by atoms with van der Waals surface area (Å²) in [5, 5.41) is 6.39. The van der Waals surface area contributed by atoms with Gasteiger partial charge in [0.05, 0.1) is 5.69 Å². The van der Waals surface area contributed by atoms with Gasteiger partial charge in [0.25, 0.3) is 0 Å². The van der Waals surface area contributed by atoms with Gasteiger partial charge in [0.1, 0.15) is 23.3 Å². The van der Waals surface area contributed by atoms with Gasteiger partial charge in [0.15, 0.2) is 0 Å². The third-order valence-corrected chi connectivity index (χ3v) is 4.08. The molecule has 1 heterocycles. The van der Waals surface area contributed by atoms with Gasteiger partial charge in [-0.25, -0.2) is 14.4 Å². The zero-order valence-corrected chi connectivity index (χ0v) is 14.6. The van der Waals surface area contributed by atoms with E-state index in [4.69, 9.17) is 0 Å². The Balaban J connectivity index is 1.77. The minimum atomic E-state index is -0.234. The van der Waals surface area contributed by atoms with Crippen LogP contribution in [0, 0.1) is 12.7 Å². The number of anilines is 3. The quantitative estimate of drug-likeness (QED) is 0.644. The van der Waals surface area contributed by atoms with Gasteiger partial charge in [-0.3, -0.25) is 0 Å². The zero-order valence-electron chi connectivity index (χ0n) is 13.1. The average Bonchev–Trinajstić information content (AvgIpc) is 2.56. The molecular formula is C18H16BrFN4. The second-order valence-corrected chi connectivity index (χ2v) is 6.09. The molecule has 3 aromatic rings. The van der Waals surface area contributed by atoms with Gasteiger partial charge in [-0.2, -0.15) is 0 Å². The molecule has 0 saturated heterocycles. The first kappa shape index (κ1) is 16.4. The molecule has 1 aromatic heterocycles. The molecule has 0 amide bonds. The molecule has 2 N–H and O–H groups in total. The summed E-state index contributed by atoms with van der Waals surface area (Å²) in [6, 6.07) is 16.3. The molecule has 6 heteroatoms. The Labute approximate surface area is 148 Å². The molecule has 2 aromatic carbocycles. The van der Waals surface area contributed by atoms with Gasteiger partial charge >= 0.3 is 0 Å². The molecule has 0 radical (unpaired) electrons. The molecule has 4 nitrogen and oxygen atoms in total. The van der Waals surface area contributed by atoms with E-state index in [1.165, 1.54) is 6.07 Å². The van der Waals surface area contributed by atoms with Crippen LogP contribution >= 0.6 is 15.9 Å². The second kappa shape index (κ2) is 7.40. The molecule has 0 aliphatic rings. The maximum atomic E-state index is 13.7. The predicted molar refractivity (Wildman–Crippen MR) is 97.9 cm³/mol. The highest BCUT2D eigenvalue weighted by Crippen LogP contribution is 2.25. The molecule has 122 valence electrons. The fourth-order valence-corrected chi connectivity index (χ4v) is 2.63. The molecule has 0 atom stereocenters. The molecular weight excluding hydrogens is 371 g/mol. The molecule has 0 bridgehead atoms. The first-order valence-corrected chi connectivity index (χ1v) is 8.25. The van der Waals surface area contributed by atoms with Crippen molar-refractivity contribution in [1.82, 2.24) is 9.97 Å². The van der Waals surface area contributed by atoms with Crippen molar-refractivity contribution in [3.63, 3.8) is 0 Å². The number of nitrogens with one attached hydrogen (secondary N) is 2. The van der Waals surface area contributed by atoms with Crippen LogP contribution in [-0.4, -0.2) is 9.97 Å². The Bertz CT molecular complexity index is 854. The lowest BCUT2D eigenvalue weighted by molar-refractivity contribution is 0.613. The summed E-state index contributed by atoms with van der Waals surface area (Å²) in [6.07, 6.45) is 0. The van der Waals surface area contributed by atoms with E-state index < -0.39 is 0 Å². The summed E-state index contributed by atoms with van der Waals surface area (Å²) in [5.74, 6) is 1.70. The van der Waals surface area contributed by atoms with Crippen molar-refractivity contribution in [3.8, 4) is 0 Å². The molecule has 0 fully saturated rings. The third-order valence-electron chi connectivity index (χ3n) is 3.39. The maximum Gasteiger partial charge on any atom is 0.136 e. The number of aryl methyl sites for hydroxylation is 1. The summed E-state index contributed by atoms with van der Waals surface area (Å²) in [7, 11) is 0. The first-order chi connectivity index (χ1) is 11.6. The Morgan fingerprint density at radius 1 is 1.00 bits per heavy atom. The summed E-state index contributed by atoms with van der Waals surface area (Å²) in [6.45, 7) is 2.18. The molecule has 0 unspecified atom stereocenters. The number of halogens is 2. The SMILES string of the molecule is Cc1nc(NCc2ccccc2F)cc(Nc2ccccc2Br)n1. The van der Waals surface area contributed by atoms with Gasteiger partial charge in [-0.15, -0.1) is 0 Å². The molecule has 0 saturated carbocycles. The summed E-state index contributed by atoms with van der Waals surface area (Å²) in [4.78, 5) is 8.73. The molecule has 0 spiro atoms. The predicted octanol–water partition coefficient (Wildman–Crippen LogP) is 5.04. The van der Waals surface area contributed by atoms with E-state index in [1.54, 1.807) is 18.2 Å². The lowest BCUT2D eigenvalue weighted by Gasteiger charge is -2.11. The lowest BCUT2D eigenvalue weighted by Crippen LogP contribution is -2.06. The highest BCUT2D eigenvalue weighted by Gasteiger charge is 2.06. The maximum absolute atomic E-state index is 13.7. The fourth-order valence-electron chi connectivity index (χ4n) is 2.25. The Morgan fingerprint density at radius 3 is 2.50 bits per heavy atom. The van der Waals surface area contributed by atoms with Gasteiger partial charge in [0, 0.05) is 22.6 Å². The van der Waals surface area contributed by atoms with Crippen LogP contribution < -0.4 is 10.6 Å². The number of aromatic nitrogens is 2. The standard InChI is InChI=1S/C18H16BrFN4/c1-12-22-17(21-11-13-6-2-4-8-15(13)20)10-18(23-12)24-16-9-5-3-7-14(16)19/h2-10H,11H2,1H3,(H2,21,22,23,24). The van der Waals surface area contributed by atoms with E-state index in [9.17, 15) is 4.39 Å². The topological polar surface area (TPSA) is 49.8 Å². The first-order valence-electron chi connectivity index (χ1n) is 7.46. The fraction of sp³-hybridized carbons (Fsp3) is 0.111. The van der Waals surface area contributed by atoms with E-state index >= 15 is 0 Å². The van der Waals surface area contributed by atoms with Crippen molar-refractivity contribution in [2.24, 2.45) is 0 Å². The molecule has 0 aliphatic carbocycles. The molecule has 24 heavy (non-hydrogen) atoms. The summed E-state index contributed by atoms with van der Waals surface area (Å²) in [5.41, 5.74) is 1.50. The van der Waals surface area contributed by atoms with Crippen molar-refractivity contribution in [3.05, 3.63) is 76.3 Å². The number of rotatable bonds is 5. The monoisotopic (exact) mass is 386 g/mol. The molecule has 0 aliphatic heterocycles. The van der Waals surface area contributed by atoms with Crippen LogP contribution in [0.15, 0.2) is 59.1 Å². The van der Waals surface area contributed by atoms with Gasteiger partial charge in [-0.1, -0.05) is 30.3 Å². The summed E-state index contributed by atoms with van der Waals surface area (Å²) >= 11 is 3.50. The summed E-state index contributed by atoms with van der Waals surface area (Å²) < 4.78 is 14.6. The molecule has 3 rings (SSSR count). The van der Waals surface area contributed by atoms with Crippen molar-refractivity contribution < 1.29 is 4.39 Å². The normalized spacial score (nSPS) is 10.5. The van der Waals surface area contributed by atoms with Crippen LogP contribution in [0.2, 0.25) is 0 Å². The van der Waals surface area contributed by atoms with Crippen molar-refractivity contribution >= 4 is 33.3 Å². The van der Waals surface area contributed by atoms with Crippen molar-refractivity contribution in [2.75, 3.05) is 10.6 Å².